The maximum absolute atomic E-state index is 13.1. The maximum atomic E-state index is 13.1. The lowest BCUT2D eigenvalue weighted by atomic mass is 10.1. The number of rotatable bonds is 5. The van der Waals surface area contributed by atoms with Gasteiger partial charge in [-0.15, -0.1) is 23.2 Å². The highest BCUT2D eigenvalue weighted by Crippen LogP contribution is 2.12. The van der Waals surface area contributed by atoms with Crippen molar-refractivity contribution in [3.05, 3.63) is 35.1 Å². The van der Waals surface area contributed by atoms with Crippen LogP contribution in [0.25, 0.3) is 0 Å². The van der Waals surface area contributed by atoms with E-state index in [9.17, 15) is 9.18 Å². The van der Waals surface area contributed by atoms with E-state index in [2.05, 4.69) is 0 Å². The maximum Gasteiger partial charge on any atom is 0.253 e. The standard InChI is InChI=1S/C12H14Cl2FNO/c1-9-8-10(2-3-11(9)15)12(17)16(6-4-13)7-5-14/h2-3,8H,4-7H2,1H3. The zero-order valence-electron chi connectivity index (χ0n) is 9.55. The van der Waals surface area contributed by atoms with Crippen LogP contribution in [0.2, 0.25) is 0 Å². The number of aryl methyl sites for hydroxylation is 1. The molecule has 0 N–H and O–H groups in total. The number of benzene rings is 1. The monoisotopic (exact) mass is 277 g/mol. The fourth-order valence-electron chi connectivity index (χ4n) is 1.48. The molecule has 0 aliphatic carbocycles. The minimum Gasteiger partial charge on any atom is -0.336 e. The van der Waals surface area contributed by atoms with Gasteiger partial charge in [-0.25, -0.2) is 4.39 Å². The van der Waals surface area contributed by atoms with Crippen LogP contribution in [0.5, 0.6) is 0 Å². The second-order valence-electron chi connectivity index (χ2n) is 3.63. The summed E-state index contributed by atoms with van der Waals surface area (Å²) >= 11 is 11.2. The number of carbonyl (C=O) groups is 1. The summed E-state index contributed by atoms with van der Waals surface area (Å²) in [6.07, 6.45) is 0. The van der Waals surface area contributed by atoms with E-state index in [1.54, 1.807) is 11.8 Å². The van der Waals surface area contributed by atoms with E-state index >= 15 is 0 Å². The van der Waals surface area contributed by atoms with Crippen LogP contribution in [-0.4, -0.2) is 35.7 Å². The first-order valence-electron chi connectivity index (χ1n) is 5.27. The molecule has 1 rings (SSSR count). The van der Waals surface area contributed by atoms with Crippen molar-refractivity contribution in [3.63, 3.8) is 0 Å². The molecular weight excluding hydrogens is 264 g/mol. The van der Waals surface area contributed by atoms with Gasteiger partial charge in [0.15, 0.2) is 0 Å². The van der Waals surface area contributed by atoms with Gasteiger partial charge >= 0.3 is 0 Å². The molecule has 17 heavy (non-hydrogen) atoms. The third-order valence-electron chi connectivity index (χ3n) is 2.40. The SMILES string of the molecule is Cc1cc(C(=O)N(CCCl)CCCl)ccc1F. The van der Waals surface area contributed by atoms with Gasteiger partial charge in [-0.1, -0.05) is 0 Å². The number of halogens is 3. The van der Waals surface area contributed by atoms with Gasteiger partial charge in [0.1, 0.15) is 5.82 Å². The van der Waals surface area contributed by atoms with Crippen LogP contribution in [0.3, 0.4) is 0 Å². The van der Waals surface area contributed by atoms with Gasteiger partial charge < -0.3 is 4.90 Å². The quantitative estimate of drug-likeness (QED) is 0.758. The van der Waals surface area contributed by atoms with Crippen LogP contribution in [0.1, 0.15) is 15.9 Å². The van der Waals surface area contributed by atoms with Crippen molar-refractivity contribution in [2.45, 2.75) is 6.92 Å². The molecular formula is C12H14Cl2FNO. The molecule has 0 fully saturated rings. The lowest BCUT2D eigenvalue weighted by Crippen LogP contribution is -2.34. The van der Waals surface area contributed by atoms with Crippen molar-refractivity contribution in [2.75, 3.05) is 24.8 Å². The topological polar surface area (TPSA) is 20.3 Å². The molecule has 0 heterocycles. The fourth-order valence-corrected chi connectivity index (χ4v) is 1.89. The average molecular weight is 278 g/mol. The fraction of sp³-hybridized carbons (Fsp3) is 0.417. The Kier molecular flexibility index (Phi) is 5.72. The Hall–Kier alpha value is -0.800. The van der Waals surface area contributed by atoms with Crippen molar-refractivity contribution in [3.8, 4) is 0 Å². The smallest absolute Gasteiger partial charge is 0.253 e. The predicted octanol–water partition coefficient (Wildman–Crippen LogP) is 3.05. The normalized spacial score (nSPS) is 10.4. The molecule has 94 valence electrons. The first-order chi connectivity index (χ1) is 8.10. The highest BCUT2D eigenvalue weighted by atomic mass is 35.5. The molecule has 5 heteroatoms. The molecule has 0 bridgehead atoms. The number of carbonyl (C=O) groups excluding carboxylic acids is 1. The number of alkyl halides is 2. The summed E-state index contributed by atoms with van der Waals surface area (Å²) in [5.74, 6) is 0.211. The summed E-state index contributed by atoms with van der Waals surface area (Å²) in [5.41, 5.74) is 0.909. The van der Waals surface area contributed by atoms with Crippen LogP contribution in [0.4, 0.5) is 4.39 Å². The highest BCUT2D eigenvalue weighted by molar-refractivity contribution is 6.18. The highest BCUT2D eigenvalue weighted by Gasteiger charge is 2.15. The summed E-state index contributed by atoms with van der Waals surface area (Å²) < 4.78 is 13.1. The van der Waals surface area contributed by atoms with E-state index in [-0.39, 0.29) is 11.7 Å². The second kappa shape index (κ2) is 6.82. The van der Waals surface area contributed by atoms with Crippen LogP contribution >= 0.6 is 23.2 Å². The first kappa shape index (κ1) is 14.3. The van der Waals surface area contributed by atoms with Crippen molar-refractivity contribution in [2.24, 2.45) is 0 Å². The summed E-state index contributed by atoms with van der Waals surface area (Å²) in [4.78, 5) is 13.6. The van der Waals surface area contributed by atoms with Crippen LogP contribution in [0.15, 0.2) is 18.2 Å². The largest absolute Gasteiger partial charge is 0.336 e. The number of nitrogens with zero attached hydrogens (tertiary/aromatic N) is 1. The zero-order chi connectivity index (χ0) is 12.8. The molecule has 0 saturated heterocycles. The molecule has 0 radical (unpaired) electrons. The molecule has 0 atom stereocenters. The molecule has 0 aromatic heterocycles. The van der Waals surface area contributed by atoms with Gasteiger partial charge in [-0.2, -0.15) is 0 Å². The van der Waals surface area contributed by atoms with Gasteiger partial charge in [0.25, 0.3) is 5.91 Å². The molecule has 0 aliphatic heterocycles. The van der Waals surface area contributed by atoms with Crippen molar-refractivity contribution >= 4 is 29.1 Å². The number of hydrogen-bond acceptors (Lipinski definition) is 1. The van der Waals surface area contributed by atoms with Gasteiger partial charge in [0.05, 0.1) is 0 Å². The van der Waals surface area contributed by atoms with Crippen LogP contribution < -0.4 is 0 Å². The minimum absolute atomic E-state index is 0.172. The molecule has 0 unspecified atom stereocenters. The first-order valence-corrected chi connectivity index (χ1v) is 6.34. The van der Waals surface area contributed by atoms with Gasteiger partial charge in [0.2, 0.25) is 0 Å². The number of amides is 1. The number of hydrogen-bond donors (Lipinski definition) is 0. The van der Waals surface area contributed by atoms with Crippen molar-refractivity contribution in [1.29, 1.82) is 0 Å². The molecule has 1 aromatic rings. The predicted molar refractivity (Wildman–Crippen MR) is 68.5 cm³/mol. The molecule has 0 aliphatic rings. The van der Waals surface area contributed by atoms with E-state index in [0.717, 1.165) is 0 Å². The van der Waals surface area contributed by atoms with E-state index in [4.69, 9.17) is 23.2 Å². The minimum atomic E-state index is -0.317. The van der Waals surface area contributed by atoms with Gasteiger partial charge in [-0.05, 0) is 30.7 Å². The third kappa shape index (κ3) is 3.86. The summed E-state index contributed by atoms with van der Waals surface area (Å²) in [7, 11) is 0. The van der Waals surface area contributed by atoms with E-state index < -0.39 is 0 Å². The second-order valence-corrected chi connectivity index (χ2v) is 4.39. The van der Waals surface area contributed by atoms with Gasteiger partial charge in [-0.3, -0.25) is 4.79 Å². The Bertz CT molecular complexity index is 392. The Morgan fingerprint density at radius 2 is 1.88 bits per heavy atom. The Morgan fingerprint density at radius 3 is 2.35 bits per heavy atom. The Balaban J connectivity index is 2.88. The lowest BCUT2D eigenvalue weighted by Gasteiger charge is -2.20. The molecule has 2 nitrogen and oxygen atoms in total. The zero-order valence-corrected chi connectivity index (χ0v) is 11.1. The molecule has 0 spiro atoms. The van der Waals surface area contributed by atoms with Crippen LogP contribution in [0, 0.1) is 12.7 Å². The van der Waals surface area contributed by atoms with Crippen molar-refractivity contribution in [1.82, 2.24) is 4.90 Å². The van der Waals surface area contributed by atoms with E-state index in [0.29, 0.717) is 36.0 Å². The average Bonchev–Trinajstić information content (AvgIpc) is 2.31. The van der Waals surface area contributed by atoms with E-state index in [1.807, 2.05) is 0 Å². The van der Waals surface area contributed by atoms with Gasteiger partial charge in [0, 0.05) is 30.4 Å². The van der Waals surface area contributed by atoms with E-state index in [1.165, 1.54) is 18.2 Å². The van der Waals surface area contributed by atoms with Crippen LogP contribution in [-0.2, 0) is 0 Å². The molecule has 1 amide bonds. The summed E-state index contributed by atoms with van der Waals surface area (Å²) in [6, 6.07) is 4.30. The molecule has 0 saturated carbocycles. The Morgan fingerprint density at radius 1 is 1.29 bits per heavy atom. The Labute approximate surface area is 110 Å². The summed E-state index contributed by atoms with van der Waals surface area (Å²) in [5, 5.41) is 0. The summed E-state index contributed by atoms with van der Waals surface area (Å²) in [6.45, 7) is 2.49. The third-order valence-corrected chi connectivity index (χ3v) is 2.74. The lowest BCUT2D eigenvalue weighted by molar-refractivity contribution is 0.0775. The molecule has 1 aromatic carbocycles. The van der Waals surface area contributed by atoms with Crippen molar-refractivity contribution < 1.29 is 9.18 Å².